The first kappa shape index (κ1) is 27.4. The van der Waals surface area contributed by atoms with Crippen molar-refractivity contribution in [3.63, 3.8) is 0 Å². The first-order valence-electron chi connectivity index (χ1n) is 14.6. The van der Waals surface area contributed by atoms with Crippen molar-refractivity contribution < 1.29 is 33.6 Å². The molecule has 0 unspecified atom stereocenters. The Hall–Kier alpha value is -3.44. The fourth-order valence-electron chi connectivity index (χ4n) is 6.39. The number of nitrogens with zero attached hydrogens (tertiary/aromatic N) is 2. The van der Waals surface area contributed by atoms with Gasteiger partial charge in [0, 0.05) is 44.5 Å². The van der Waals surface area contributed by atoms with E-state index in [-0.39, 0.29) is 30.6 Å². The van der Waals surface area contributed by atoms with Gasteiger partial charge < -0.3 is 29.0 Å². The molecular weight excluding hydrogens is 536 g/mol. The van der Waals surface area contributed by atoms with Crippen molar-refractivity contribution in [1.29, 1.82) is 0 Å². The molecule has 1 spiro atoms. The summed E-state index contributed by atoms with van der Waals surface area (Å²) in [5.74, 6) is -1.07. The van der Waals surface area contributed by atoms with Gasteiger partial charge in [0.1, 0.15) is 0 Å². The molecule has 3 fully saturated rings. The molecule has 3 saturated heterocycles. The van der Waals surface area contributed by atoms with Gasteiger partial charge in [-0.25, -0.2) is 4.90 Å². The van der Waals surface area contributed by atoms with Crippen LogP contribution in [0.5, 0.6) is 0 Å². The van der Waals surface area contributed by atoms with Gasteiger partial charge in [-0.2, -0.15) is 0 Å². The van der Waals surface area contributed by atoms with E-state index in [4.69, 9.17) is 18.9 Å². The van der Waals surface area contributed by atoms with Crippen molar-refractivity contribution in [2.75, 3.05) is 37.7 Å². The second kappa shape index (κ2) is 11.3. The molecule has 3 atom stereocenters. The molecule has 218 valence electrons. The topological polar surface area (TPSA) is 97.8 Å². The van der Waals surface area contributed by atoms with Gasteiger partial charge in [0.05, 0.1) is 48.8 Å². The number of anilines is 1. The number of hydrogen-bond donors (Lipinski definition) is 1. The van der Waals surface area contributed by atoms with Gasteiger partial charge in [0.25, 0.3) is 11.8 Å². The molecule has 0 aliphatic carbocycles. The average Bonchev–Trinajstić information content (AvgIpc) is 3.60. The zero-order valence-electron chi connectivity index (χ0n) is 23.3. The first-order chi connectivity index (χ1) is 20.5. The molecule has 7 rings (SSSR count). The Morgan fingerprint density at radius 2 is 1.40 bits per heavy atom. The standard InChI is InChI=1S/C33H34N2O7/c36-21-22-5-7-23(8-6-22)29-19-26(20-34-15-13-33(14-16-34)39-17-18-40-33)41-32(42-29)24-9-11-25(12-10-24)35-30(37)27-3-1-2-4-28(27)31(35)38/h1-12,26,29,32,36H,13-21H2/t26-,29+,32+/m1/s1. The Kier molecular flexibility index (Phi) is 7.39. The minimum atomic E-state index is -0.625. The van der Waals surface area contributed by atoms with Crippen LogP contribution in [-0.4, -0.2) is 66.6 Å². The Bertz CT molecular complexity index is 1410. The summed E-state index contributed by atoms with van der Waals surface area (Å²) in [5.41, 5.74) is 4.02. The molecule has 4 aliphatic heterocycles. The number of benzene rings is 3. The summed E-state index contributed by atoms with van der Waals surface area (Å²) in [6.07, 6.45) is 1.46. The molecule has 0 aromatic heterocycles. The number of aliphatic hydroxyl groups is 1. The minimum Gasteiger partial charge on any atom is -0.392 e. The number of imide groups is 1. The molecule has 9 heteroatoms. The fraction of sp³-hybridized carbons (Fsp3) is 0.394. The van der Waals surface area contributed by atoms with Gasteiger partial charge in [0.2, 0.25) is 0 Å². The summed E-state index contributed by atoms with van der Waals surface area (Å²) in [6, 6.07) is 22.0. The Balaban J connectivity index is 1.09. The van der Waals surface area contributed by atoms with Gasteiger partial charge in [-0.15, -0.1) is 0 Å². The highest BCUT2D eigenvalue weighted by Gasteiger charge is 2.41. The third kappa shape index (κ3) is 5.17. The predicted octanol–water partition coefficient (Wildman–Crippen LogP) is 4.36. The molecule has 9 nitrogen and oxygen atoms in total. The number of hydrogen-bond acceptors (Lipinski definition) is 8. The molecule has 4 aliphatic rings. The highest BCUT2D eigenvalue weighted by molar-refractivity contribution is 6.34. The Morgan fingerprint density at radius 1 is 0.786 bits per heavy atom. The Labute approximate surface area is 244 Å². The number of piperidine rings is 1. The predicted molar refractivity (Wildman–Crippen MR) is 153 cm³/mol. The first-order valence-corrected chi connectivity index (χ1v) is 14.6. The van der Waals surface area contributed by atoms with Crippen LogP contribution in [0.2, 0.25) is 0 Å². The summed E-state index contributed by atoms with van der Waals surface area (Å²) in [6.45, 7) is 3.81. The molecule has 0 bridgehead atoms. The number of likely N-dealkylation sites (tertiary alicyclic amines) is 1. The molecule has 4 heterocycles. The quantitative estimate of drug-likeness (QED) is 0.437. The summed E-state index contributed by atoms with van der Waals surface area (Å²) < 4.78 is 24.8. The van der Waals surface area contributed by atoms with Crippen molar-refractivity contribution in [3.05, 3.63) is 101 Å². The van der Waals surface area contributed by atoms with Crippen molar-refractivity contribution in [2.24, 2.45) is 0 Å². The van der Waals surface area contributed by atoms with Crippen LogP contribution in [0, 0.1) is 0 Å². The number of fused-ring (bicyclic) bond motifs is 1. The normalized spacial score (nSPS) is 25.7. The zero-order valence-corrected chi connectivity index (χ0v) is 23.3. The van der Waals surface area contributed by atoms with E-state index in [1.807, 2.05) is 36.4 Å². The van der Waals surface area contributed by atoms with Crippen molar-refractivity contribution in [3.8, 4) is 0 Å². The van der Waals surface area contributed by atoms with Gasteiger partial charge >= 0.3 is 0 Å². The van der Waals surface area contributed by atoms with E-state index < -0.39 is 12.1 Å². The number of rotatable bonds is 6. The van der Waals surface area contributed by atoms with Crippen LogP contribution in [0.1, 0.15) is 69.1 Å². The van der Waals surface area contributed by atoms with Gasteiger partial charge in [-0.3, -0.25) is 9.59 Å². The van der Waals surface area contributed by atoms with Crippen molar-refractivity contribution in [2.45, 2.75) is 50.2 Å². The number of amides is 2. The number of carbonyl (C=O) groups is 2. The van der Waals surface area contributed by atoms with E-state index in [9.17, 15) is 14.7 Å². The van der Waals surface area contributed by atoms with E-state index in [1.165, 1.54) is 4.90 Å². The third-order valence-electron chi connectivity index (χ3n) is 8.73. The van der Waals surface area contributed by atoms with E-state index in [1.54, 1.807) is 36.4 Å². The van der Waals surface area contributed by atoms with E-state index >= 15 is 0 Å². The van der Waals surface area contributed by atoms with Crippen molar-refractivity contribution in [1.82, 2.24) is 4.90 Å². The number of carbonyl (C=O) groups excluding carboxylic acids is 2. The van der Waals surface area contributed by atoms with E-state index in [2.05, 4.69) is 4.90 Å². The molecule has 3 aromatic carbocycles. The van der Waals surface area contributed by atoms with Gasteiger partial charge in [0.15, 0.2) is 12.1 Å². The molecule has 42 heavy (non-hydrogen) atoms. The molecule has 2 amide bonds. The maximum Gasteiger partial charge on any atom is 0.266 e. The summed E-state index contributed by atoms with van der Waals surface area (Å²) in [5, 5.41) is 9.50. The number of aliphatic hydroxyl groups excluding tert-OH is 1. The number of ether oxygens (including phenoxy) is 4. The SMILES string of the molecule is O=C1c2ccccc2C(=O)N1c1ccc([C@H]2O[C@@H](CN3CCC4(CC3)OCCO4)C[C@@H](c3ccc(CO)cc3)O2)cc1. The third-order valence-corrected chi connectivity index (χ3v) is 8.73. The van der Waals surface area contributed by atoms with Crippen LogP contribution in [-0.2, 0) is 25.6 Å². The second-order valence-corrected chi connectivity index (χ2v) is 11.3. The lowest BCUT2D eigenvalue weighted by Crippen LogP contribution is -2.48. The van der Waals surface area contributed by atoms with Crippen LogP contribution in [0.15, 0.2) is 72.8 Å². The molecule has 0 saturated carbocycles. The lowest BCUT2D eigenvalue weighted by atomic mass is 9.98. The zero-order chi connectivity index (χ0) is 28.7. The van der Waals surface area contributed by atoms with Crippen LogP contribution < -0.4 is 4.90 Å². The summed E-state index contributed by atoms with van der Waals surface area (Å²) >= 11 is 0. The van der Waals surface area contributed by atoms with Crippen molar-refractivity contribution >= 4 is 17.5 Å². The largest absolute Gasteiger partial charge is 0.392 e. The molecule has 3 aromatic rings. The summed E-state index contributed by atoms with van der Waals surface area (Å²) in [7, 11) is 0. The van der Waals surface area contributed by atoms with Gasteiger partial charge in [-0.05, 0) is 35.4 Å². The minimum absolute atomic E-state index is 0.0104. The van der Waals surface area contributed by atoms with E-state index in [0.717, 1.165) is 49.2 Å². The lowest BCUT2D eigenvalue weighted by molar-refractivity contribution is -0.255. The van der Waals surface area contributed by atoms with Crippen LogP contribution >= 0.6 is 0 Å². The van der Waals surface area contributed by atoms with Crippen LogP contribution in [0.25, 0.3) is 0 Å². The highest BCUT2D eigenvalue weighted by atomic mass is 16.7. The highest BCUT2D eigenvalue weighted by Crippen LogP contribution is 2.40. The maximum absolute atomic E-state index is 13.0. The Morgan fingerprint density at radius 3 is 2.02 bits per heavy atom. The molecular formula is C33H34N2O7. The lowest BCUT2D eigenvalue weighted by Gasteiger charge is -2.41. The smallest absolute Gasteiger partial charge is 0.266 e. The second-order valence-electron chi connectivity index (χ2n) is 11.3. The monoisotopic (exact) mass is 570 g/mol. The maximum atomic E-state index is 13.0. The van der Waals surface area contributed by atoms with Crippen LogP contribution in [0.3, 0.4) is 0 Å². The molecule has 0 radical (unpaired) electrons. The molecule has 1 N–H and O–H groups in total. The van der Waals surface area contributed by atoms with E-state index in [0.29, 0.717) is 36.4 Å². The van der Waals surface area contributed by atoms with Gasteiger partial charge in [-0.1, -0.05) is 48.5 Å². The fourth-order valence-corrected chi connectivity index (χ4v) is 6.39. The average molecular weight is 571 g/mol. The summed E-state index contributed by atoms with van der Waals surface area (Å²) in [4.78, 5) is 29.6. The van der Waals surface area contributed by atoms with Crippen LogP contribution in [0.4, 0.5) is 5.69 Å².